The number of thiophene rings is 1. The largest absolute Gasteiger partial charge is 0.494 e. The van der Waals surface area contributed by atoms with Crippen LogP contribution in [0.4, 0.5) is 26.2 Å². The van der Waals surface area contributed by atoms with Gasteiger partial charge < -0.3 is 24.8 Å². The minimum atomic E-state index is -4.22. The average Bonchev–Trinajstić information content (AvgIpc) is 3.36. The summed E-state index contributed by atoms with van der Waals surface area (Å²) in [5.41, 5.74) is -0.922. The summed E-state index contributed by atoms with van der Waals surface area (Å²) in [6.45, 7) is 0. The van der Waals surface area contributed by atoms with Gasteiger partial charge in [0.2, 0.25) is 0 Å². The summed E-state index contributed by atoms with van der Waals surface area (Å²) in [5, 5.41) is 6.91. The first kappa shape index (κ1) is 28.3. The third kappa shape index (κ3) is 5.64. The molecule has 0 radical (unpaired) electrons. The van der Waals surface area contributed by atoms with Crippen molar-refractivity contribution in [3.8, 4) is 5.75 Å². The first-order valence-corrected chi connectivity index (χ1v) is 13.5. The maximum absolute atomic E-state index is 14.9. The van der Waals surface area contributed by atoms with Crippen molar-refractivity contribution in [1.29, 1.82) is 0 Å². The number of urea groups is 1. The van der Waals surface area contributed by atoms with Crippen LogP contribution >= 0.6 is 11.3 Å². The molecular formula is C25H21FN4O8S2. The van der Waals surface area contributed by atoms with Crippen molar-refractivity contribution < 1.29 is 41.4 Å². The monoisotopic (exact) mass is 588 g/mol. The number of anilines is 3. The predicted octanol–water partition coefficient (Wildman–Crippen LogP) is 4.46. The molecule has 0 saturated heterocycles. The Morgan fingerprint density at radius 1 is 0.950 bits per heavy atom. The number of rotatable bonds is 8. The molecule has 0 spiro atoms. The number of halogens is 1. The number of esters is 2. The van der Waals surface area contributed by atoms with Crippen molar-refractivity contribution in [1.82, 2.24) is 4.98 Å². The van der Waals surface area contributed by atoms with Gasteiger partial charge in [-0.2, -0.15) is 0 Å². The van der Waals surface area contributed by atoms with E-state index in [9.17, 15) is 27.2 Å². The van der Waals surface area contributed by atoms with E-state index in [1.807, 2.05) is 0 Å². The van der Waals surface area contributed by atoms with Gasteiger partial charge in [-0.3, -0.25) is 9.71 Å². The van der Waals surface area contributed by atoms with E-state index in [1.165, 1.54) is 30.9 Å². The van der Waals surface area contributed by atoms with E-state index in [0.717, 1.165) is 37.7 Å². The number of carbonyl (C=O) groups is 3. The number of aromatic nitrogens is 1. The van der Waals surface area contributed by atoms with Gasteiger partial charge in [0.1, 0.15) is 16.2 Å². The van der Waals surface area contributed by atoms with E-state index >= 15 is 0 Å². The Hall–Kier alpha value is -4.76. The molecule has 2 aromatic carbocycles. The number of fused-ring (bicyclic) bond motifs is 1. The molecule has 0 atom stereocenters. The number of hydrogen-bond acceptors (Lipinski definition) is 10. The fourth-order valence-corrected chi connectivity index (χ4v) is 5.87. The molecule has 0 bridgehead atoms. The molecule has 0 saturated carbocycles. The predicted molar refractivity (Wildman–Crippen MR) is 145 cm³/mol. The van der Waals surface area contributed by atoms with Gasteiger partial charge in [-0.05, 0) is 23.6 Å². The molecule has 2 amide bonds. The van der Waals surface area contributed by atoms with Crippen LogP contribution in [0, 0.1) is 5.82 Å². The molecule has 2 heterocycles. The first-order chi connectivity index (χ1) is 19.1. The van der Waals surface area contributed by atoms with E-state index in [0.29, 0.717) is 10.8 Å². The molecule has 208 valence electrons. The molecule has 3 N–H and O–H groups in total. The fourth-order valence-electron chi connectivity index (χ4n) is 3.69. The van der Waals surface area contributed by atoms with Gasteiger partial charge in [0.25, 0.3) is 10.0 Å². The SMILES string of the molecule is COC(=O)c1scc(NC(=O)Nc2cc(NS(=O)(=O)c3cccc4ccncc34)c(OC)cc2F)c1C(=O)OC. The van der Waals surface area contributed by atoms with E-state index in [2.05, 4.69) is 29.8 Å². The second-order valence-corrected chi connectivity index (χ2v) is 10.4. The molecular weight excluding hydrogens is 567 g/mol. The van der Waals surface area contributed by atoms with Crippen LogP contribution < -0.4 is 20.1 Å². The van der Waals surface area contributed by atoms with Crippen LogP contribution in [0.25, 0.3) is 10.8 Å². The van der Waals surface area contributed by atoms with Gasteiger partial charge >= 0.3 is 18.0 Å². The Kier molecular flexibility index (Phi) is 8.16. The van der Waals surface area contributed by atoms with E-state index in [1.54, 1.807) is 18.2 Å². The van der Waals surface area contributed by atoms with Gasteiger partial charge in [0.15, 0.2) is 5.82 Å². The average molecular weight is 589 g/mol. The minimum absolute atomic E-state index is 0.0778. The number of methoxy groups -OCH3 is 3. The van der Waals surface area contributed by atoms with Crippen LogP contribution in [0.2, 0.25) is 0 Å². The van der Waals surface area contributed by atoms with Crippen LogP contribution in [0.1, 0.15) is 20.0 Å². The molecule has 0 aliphatic rings. The summed E-state index contributed by atoms with van der Waals surface area (Å²) in [5.74, 6) is -2.83. The lowest BCUT2D eigenvalue weighted by Gasteiger charge is -2.16. The molecule has 0 aliphatic heterocycles. The molecule has 4 rings (SSSR count). The van der Waals surface area contributed by atoms with Crippen molar-refractivity contribution in [2.24, 2.45) is 0 Å². The number of hydrogen-bond donors (Lipinski definition) is 3. The molecule has 12 nitrogen and oxygen atoms in total. The molecule has 4 aromatic rings. The van der Waals surface area contributed by atoms with Crippen molar-refractivity contribution in [2.45, 2.75) is 4.90 Å². The third-order valence-electron chi connectivity index (χ3n) is 5.51. The number of nitrogens with one attached hydrogen (secondary N) is 3. The second-order valence-electron chi connectivity index (χ2n) is 7.91. The highest BCUT2D eigenvalue weighted by Gasteiger charge is 2.27. The summed E-state index contributed by atoms with van der Waals surface area (Å²) < 4.78 is 58.3. The van der Waals surface area contributed by atoms with Gasteiger partial charge in [-0.15, -0.1) is 11.3 Å². The summed E-state index contributed by atoms with van der Waals surface area (Å²) in [6.07, 6.45) is 2.93. The lowest BCUT2D eigenvalue weighted by Crippen LogP contribution is -2.22. The maximum Gasteiger partial charge on any atom is 0.349 e. The lowest BCUT2D eigenvalue weighted by molar-refractivity contribution is 0.0561. The van der Waals surface area contributed by atoms with E-state index in [-0.39, 0.29) is 32.5 Å². The highest BCUT2D eigenvalue weighted by molar-refractivity contribution is 7.93. The second kappa shape index (κ2) is 11.5. The highest BCUT2D eigenvalue weighted by atomic mass is 32.2. The number of nitrogens with zero attached hydrogens (tertiary/aromatic N) is 1. The number of amides is 2. The standard InChI is InChI=1S/C25H21FN4O8S2/c1-36-19-9-15(26)16(28-25(33)29-18-12-39-22(24(32)38-3)21(18)23(31)37-2)10-17(19)30-40(34,35)20-6-4-5-13-7-8-27-11-14(13)20/h4-12,30H,1-3H3,(H2,28,29,33). The van der Waals surface area contributed by atoms with Crippen LogP contribution in [0.5, 0.6) is 5.75 Å². The molecule has 0 unspecified atom stereocenters. The quantitative estimate of drug-likeness (QED) is 0.252. The molecule has 40 heavy (non-hydrogen) atoms. The topological polar surface area (TPSA) is 162 Å². The zero-order chi connectivity index (χ0) is 29.0. The molecule has 15 heteroatoms. The fraction of sp³-hybridized carbons (Fsp3) is 0.120. The number of sulfonamides is 1. The molecule has 0 aliphatic carbocycles. The van der Waals surface area contributed by atoms with Crippen LogP contribution in [0.15, 0.2) is 59.1 Å². The number of ether oxygens (including phenoxy) is 3. The number of pyridine rings is 1. The Balaban J connectivity index is 1.63. The van der Waals surface area contributed by atoms with Crippen molar-refractivity contribution in [3.63, 3.8) is 0 Å². The Bertz CT molecular complexity index is 1730. The van der Waals surface area contributed by atoms with E-state index < -0.39 is 39.5 Å². The van der Waals surface area contributed by atoms with Crippen LogP contribution in [-0.4, -0.2) is 52.7 Å². The van der Waals surface area contributed by atoms with Crippen molar-refractivity contribution in [2.75, 3.05) is 36.7 Å². The maximum atomic E-state index is 14.9. The minimum Gasteiger partial charge on any atom is -0.494 e. The molecule has 2 aromatic heterocycles. The number of carbonyl (C=O) groups excluding carboxylic acids is 3. The van der Waals surface area contributed by atoms with Gasteiger partial charge in [0.05, 0.1) is 43.3 Å². The molecule has 0 fully saturated rings. The van der Waals surface area contributed by atoms with Crippen LogP contribution in [-0.2, 0) is 19.5 Å². The zero-order valence-corrected chi connectivity index (χ0v) is 22.7. The van der Waals surface area contributed by atoms with Gasteiger partial charge in [-0.1, -0.05) is 12.1 Å². The number of benzene rings is 2. The third-order valence-corrected chi connectivity index (χ3v) is 7.90. The summed E-state index contributed by atoms with van der Waals surface area (Å²) in [6, 6.07) is 7.24. The Morgan fingerprint density at radius 3 is 2.38 bits per heavy atom. The van der Waals surface area contributed by atoms with Gasteiger partial charge in [-0.25, -0.2) is 27.2 Å². The summed E-state index contributed by atoms with van der Waals surface area (Å²) in [7, 11) is -0.784. The summed E-state index contributed by atoms with van der Waals surface area (Å²) >= 11 is 0.827. The smallest absolute Gasteiger partial charge is 0.349 e. The van der Waals surface area contributed by atoms with Gasteiger partial charge in [0, 0.05) is 29.2 Å². The Morgan fingerprint density at radius 2 is 1.68 bits per heavy atom. The first-order valence-electron chi connectivity index (χ1n) is 11.2. The normalized spacial score (nSPS) is 11.0. The summed E-state index contributed by atoms with van der Waals surface area (Å²) in [4.78, 5) is 40.8. The zero-order valence-electron chi connectivity index (χ0n) is 21.1. The van der Waals surface area contributed by atoms with Crippen LogP contribution in [0.3, 0.4) is 0 Å². The van der Waals surface area contributed by atoms with Crippen molar-refractivity contribution >= 4 is 67.2 Å². The van der Waals surface area contributed by atoms with Crippen molar-refractivity contribution in [3.05, 3.63) is 70.4 Å². The Labute approximate surface area is 231 Å². The van der Waals surface area contributed by atoms with E-state index in [4.69, 9.17) is 4.74 Å². The lowest BCUT2D eigenvalue weighted by atomic mass is 10.2. The highest BCUT2D eigenvalue weighted by Crippen LogP contribution is 2.34.